The first kappa shape index (κ1) is 12.2. The number of rotatable bonds is 3. The molecule has 0 bridgehead atoms. The Bertz CT molecular complexity index is 361. The van der Waals surface area contributed by atoms with E-state index in [0.29, 0.717) is 12.1 Å². The Morgan fingerprint density at radius 1 is 1.31 bits per heavy atom. The third-order valence-corrected chi connectivity index (χ3v) is 4.34. The number of ether oxygens (including phenoxy) is 1. The van der Waals surface area contributed by atoms with Crippen molar-refractivity contribution in [2.45, 2.75) is 32.4 Å². The zero-order chi connectivity index (χ0) is 11.8. The van der Waals surface area contributed by atoms with Gasteiger partial charge in [-0.15, -0.1) is 0 Å². The molecule has 16 heavy (non-hydrogen) atoms. The molecule has 1 saturated carbocycles. The molecular weight excluding hydrogens is 313 g/mol. The van der Waals surface area contributed by atoms with Gasteiger partial charge in [0.1, 0.15) is 11.9 Å². The second-order valence-electron chi connectivity index (χ2n) is 4.96. The van der Waals surface area contributed by atoms with Gasteiger partial charge >= 0.3 is 0 Å². The first-order chi connectivity index (χ1) is 7.54. The van der Waals surface area contributed by atoms with Crippen LogP contribution in [-0.4, -0.2) is 19.2 Å². The van der Waals surface area contributed by atoms with Gasteiger partial charge in [0.25, 0.3) is 0 Å². The molecule has 0 amide bonds. The van der Waals surface area contributed by atoms with E-state index in [2.05, 4.69) is 53.9 Å². The lowest BCUT2D eigenvalue weighted by atomic mass is 9.64. The average molecular weight is 331 g/mol. The largest absolute Gasteiger partial charge is 0.490 e. The average Bonchev–Trinajstić information content (AvgIpc) is 2.26. The Balaban J connectivity index is 1.99. The van der Waals surface area contributed by atoms with Crippen LogP contribution in [0.15, 0.2) is 24.3 Å². The van der Waals surface area contributed by atoms with Gasteiger partial charge in [0, 0.05) is 21.4 Å². The quantitative estimate of drug-likeness (QED) is 0.860. The minimum absolute atomic E-state index is 0.220. The van der Waals surface area contributed by atoms with Crippen molar-refractivity contribution >= 4 is 22.6 Å². The highest BCUT2D eigenvalue weighted by atomic mass is 127. The molecule has 2 unspecified atom stereocenters. The van der Waals surface area contributed by atoms with Crippen molar-refractivity contribution in [3.8, 4) is 5.75 Å². The SMILES string of the molecule is CNC1CC(Oc2ccc(I)cc2)C1(C)C. The fraction of sp³-hybridized carbons (Fsp3) is 0.538. The standard InChI is InChI=1S/C13H18INO/c1-13(2)11(15-3)8-12(13)16-10-6-4-9(14)5-7-10/h4-7,11-12,15H,8H2,1-3H3. The molecule has 2 atom stereocenters. The highest BCUT2D eigenvalue weighted by Crippen LogP contribution is 2.42. The predicted octanol–water partition coefficient (Wildman–Crippen LogP) is 3.06. The Morgan fingerprint density at radius 3 is 2.44 bits per heavy atom. The van der Waals surface area contributed by atoms with Crippen LogP contribution in [0, 0.1) is 8.99 Å². The Hall–Kier alpha value is -0.290. The van der Waals surface area contributed by atoms with Gasteiger partial charge < -0.3 is 10.1 Å². The van der Waals surface area contributed by atoms with Crippen LogP contribution < -0.4 is 10.1 Å². The number of halogens is 1. The van der Waals surface area contributed by atoms with Gasteiger partial charge in [-0.25, -0.2) is 0 Å². The molecule has 0 spiro atoms. The van der Waals surface area contributed by atoms with Crippen molar-refractivity contribution < 1.29 is 4.74 Å². The van der Waals surface area contributed by atoms with Crippen molar-refractivity contribution in [3.05, 3.63) is 27.8 Å². The number of hydrogen-bond acceptors (Lipinski definition) is 2. The van der Waals surface area contributed by atoms with Crippen LogP contribution in [0.3, 0.4) is 0 Å². The molecule has 1 fully saturated rings. The van der Waals surface area contributed by atoms with Gasteiger partial charge in [0.15, 0.2) is 0 Å². The van der Waals surface area contributed by atoms with Crippen LogP contribution in [0.1, 0.15) is 20.3 Å². The molecule has 1 aliphatic carbocycles. The smallest absolute Gasteiger partial charge is 0.119 e. The van der Waals surface area contributed by atoms with Crippen LogP contribution in [0.4, 0.5) is 0 Å². The molecule has 0 aromatic heterocycles. The van der Waals surface area contributed by atoms with Crippen LogP contribution in [0.25, 0.3) is 0 Å². The van der Waals surface area contributed by atoms with Crippen LogP contribution in [0.5, 0.6) is 5.75 Å². The zero-order valence-electron chi connectivity index (χ0n) is 9.96. The normalized spacial score (nSPS) is 27.2. The molecule has 1 N–H and O–H groups in total. The van der Waals surface area contributed by atoms with E-state index >= 15 is 0 Å². The van der Waals surface area contributed by atoms with Gasteiger partial charge in [-0.2, -0.15) is 0 Å². The lowest BCUT2D eigenvalue weighted by Crippen LogP contribution is -2.61. The minimum Gasteiger partial charge on any atom is -0.490 e. The van der Waals surface area contributed by atoms with Crippen molar-refractivity contribution in [2.24, 2.45) is 5.41 Å². The van der Waals surface area contributed by atoms with E-state index in [1.54, 1.807) is 0 Å². The monoisotopic (exact) mass is 331 g/mol. The molecule has 2 nitrogen and oxygen atoms in total. The van der Waals surface area contributed by atoms with E-state index < -0.39 is 0 Å². The summed E-state index contributed by atoms with van der Waals surface area (Å²) in [7, 11) is 2.02. The molecule has 88 valence electrons. The lowest BCUT2D eigenvalue weighted by molar-refractivity contribution is -0.0520. The van der Waals surface area contributed by atoms with Gasteiger partial charge in [0.2, 0.25) is 0 Å². The highest BCUT2D eigenvalue weighted by molar-refractivity contribution is 14.1. The molecule has 0 heterocycles. The van der Waals surface area contributed by atoms with E-state index in [-0.39, 0.29) is 5.41 Å². The van der Waals surface area contributed by atoms with E-state index in [1.165, 1.54) is 3.57 Å². The number of nitrogens with one attached hydrogen (secondary N) is 1. The Kier molecular flexibility index (Phi) is 3.45. The van der Waals surface area contributed by atoms with Gasteiger partial charge in [-0.05, 0) is 53.9 Å². The summed E-state index contributed by atoms with van der Waals surface area (Å²) in [6.07, 6.45) is 1.42. The Labute approximate surface area is 111 Å². The molecule has 1 aromatic rings. The Morgan fingerprint density at radius 2 is 1.94 bits per heavy atom. The maximum absolute atomic E-state index is 6.01. The number of hydrogen-bond donors (Lipinski definition) is 1. The van der Waals surface area contributed by atoms with E-state index in [9.17, 15) is 0 Å². The minimum atomic E-state index is 0.220. The molecule has 1 aromatic carbocycles. The summed E-state index contributed by atoms with van der Waals surface area (Å²) in [5, 5.41) is 3.34. The summed E-state index contributed by atoms with van der Waals surface area (Å²) >= 11 is 2.30. The van der Waals surface area contributed by atoms with E-state index in [1.807, 2.05) is 19.2 Å². The van der Waals surface area contributed by atoms with Crippen LogP contribution in [-0.2, 0) is 0 Å². The van der Waals surface area contributed by atoms with Crippen LogP contribution >= 0.6 is 22.6 Å². The third-order valence-electron chi connectivity index (χ3n) is 3.62. The summed E-state index contributed by atoms with van der Waals surface area (Å²) in [4.78, 5) is 0. The third kappa shape index (κ3) is 2.20. The highest BCUT2D eigenvalue weighted by Gasteiger charge is 2.49. The first-order valence-corrected chi connectivity index (χ1v) is 6.71. The van der Waals surface area contributed by atoms with Crippen LogP contribution in [0.2, 0.25) is 0 Å². The van der Waals surface area contributed by atoms with Crippen molar-refractivity contribution in [1.82, 2.24) is 5.32 Å². The molecule has 0 radical (unpaired) electrons. The summed E-state index contributed by atoms with van der Waals surface area (Å²) < 4.78 is 7.25. The number of benzene rings is 1. The van der Waals surface area contributed by atoms with Crippen molar-refractivity contribution in [1.29, 1.82) is 0 Å². The molecule has 1 aliphatic rings. The molecule has 2 rings (SSSR count). The van der Waals surface area contributed by atoms with Gasteiger partial charge in [0.05, 0.1) is 0 Å². The molecular formula is C13H18INO. The summed E-state index contributed by atoms with van der Waals surface area (Å²) in [5.41, 5.74) is 0.220. The van der Waals surface area contributed by atoms with Crippen molar-refractivity contribution in [2.75, 3.05) is 7.05 Å². The molecule has 0 saturated heterocycles. The summed E-state index contributed by atoms with van der Waals surface area (Å²) in [6.45, 7) is 4.52. The van der Waals surface area contributed by atoms with E-state index in [4.69, 9.17) is 4.74 Å². The first-order valence-electron chi connectivity index (χ1n) is 5.63. The molecule has 0 aliphatic heterocycles. The molecule has 3 heteroatoms. The lowest BCUT2D eigenvalue weighted by Gasteiger charge is -2.51. The van der Waals surface area contributed by atoms with Crippen molar-refractivity contribution in [3.63, 3.8) is 0 Å². The maximum atomic E-state index is 6.01. The fourth-order valence-electron chi connectivity index (χ4n) is 2.25. The topological polar surface area (TPSA) is 21.3 Å². The second-order valence-corrected chi connectivity index (χ2v) is 6.20. The second kappa shape index (κ2) is 4.53. The summed E-state index contributed by atoms with van der Waals surface area (Å²) in [5.74, 6) is 0.980. The van der Waals surface area contributed by atoms with E-state index in [0.717, 1.165) is 12.2 Å². The maximum Gasteiger partial charge on any atom is 0.119 e. The predicted molar refractivity (Wildman–Crippen MR) is 74.8 cm³/mol. The summed E-state index contributed by atoms with van der Waals surface area (Å²) in [6, 6.07) is 8.82. The zero-order valence-corrected chi connectivity index (χ0v) is 12.1. The fourth-order valence-corrected chi connectivity index (χ4v) is 2.61. The van der Waals surface area contributed by atoms with Gasteiger partial charge in [-0.3, -0.25) is 0 Å². The van der Waals surface area contributed by atoms with Gasteiger partial charge in [-0.1, -0.05) is 13.8 Å².